The number of nitrogens with zero attached hydrogens (tertiary/aromatic N) is 1. The van der Waals surface area contributed by atoms with E-state index < -0.39 is 0 Å². The second-order valence-corrected chi connectivity index (χ2v) is 4.40. The molecule has 1 unspecified atom stereocenters. The Morgan fingerprint density at radius 2 is 2.56 bits per heavy atom. The van der Waals surface area contributed by atoms with Gasteiger partial charge in [-0.1, -0.05) is 0 Å². The Labute approximate surface area is 95.0 Å². The number of aromatic amines is 1. The molecule has 0 saturated carbocycles. The first-order valence-corrected chi connectivity index (χ1v) is 5.76. The predicted molar refractivity (Wildman–Crippen MR) is 62.2 cm³/mol. The third-order valence-electron chi connectivity index (χ3n) is 2.85. The van der Waals surface area contributed by atoms with Crippen LogP contribution in [-0.4, -0.2) is 29.2 Å². The molecule has 0 bridgehead atoms. The molecule has 16 heavy (non-hydrogen) atoms. The van der Waals surface area contributed by atoms with Crippen LogP contribution in [-0.2, 0) is 4.79 Å². The summed E-state index contributed by atoms with van der Waals surface area (Å²) in [6, 6.07) is 1.83. The van der Waals surface area contributed by atoms with Crippen LogP contribution in [0.15, 0.2) is 6.07 Å². The van der Waals surface area contributed by atoms with Gasteiger partial charge in [0.25, 0.3) is 0 Å². The summed E-state index contributed by atoms with van der Waals surface area (Å²) in [6.07, 6.45) is 2.89. The minimum atomic E-state index is 0.0557. The smallest absolute Gasteiger partial charge is 0.225 e. The van der Waals surface area contributed by atoms with Crippen molar-refractivity contribution in [2.75, 3.05) is 18.4 Å². The van der Waals surface area contributed by atoms with Crippen LogP contribution in [0.1, 0.15) is 25.0 Å². The molecule has 2 heterocycles. The average molecular weight is 222 g/mol. The Kier molecular flexibility index (Phi) is 3.56. The van der Waals surface area contributed by atoms with Crippen molar-refractivity contribution in [2.24, 2.45) is 5.92 Å². The zero-order chi connectivity index (χ0) is 11.4. The highest BCUT2D eigenvalue weighted by Crippen LogP contribution is 2.15. The van der Waals surface area contributed by atoms with Crippen molar-refractivity contribution in [3.63, 3.8) is 0 Å². The van der Waals surface area contributed by atoms with Crippen molar-refractivity contribution in [3.05, 3.63) is 11.8 Å². The number of hydrogen-bond acceptors (Lipinski definition) is 3. The van der Waals surface area contributed by atoms with E-state index >= 15 is 0 Å². The zero-order valence-corrected chi connectivity index (χ0v) is 9.55. The molecule has 1 aliphatic heterocycles. The molecule has 0 aromatic carbocycles. The average Bonchev–Trinajstić information content (AvgIpc) is 2.65. The third-order valence-corrected chi connectivity index (χ3v) is 2.85. The Balaban J connectivity index is 1.79. The predicted octanol–water partition coefficient (Wildman–Crippen LogP) is 1.05. The molecule has 0 aliphatic carbocycles. The Hall–Kier alpha value is -1.36. The van der Waals surface area contributed by atoms with Crippen molar-refractivity contribution in [3.8, 4) is 0 Å². The van der Waals surface area contributed by atoms with E-state index in [0.717, 1.165) is 25.2 Å². The number of aryl methyl sites for hydroxylation is 1. The number of H-pyrrole nitrogens is 1. The fourth-order valence-corrected chi connectivity index (χ4v) is 2.04. The highest BCUT2D eigenvalue weighted by atomic mass is 16.1. The Bertz CT molecular complexity index is 355. The lowest BCUT2D eigenvalue weighted by atomic mass is 9.96. The minimum absolute atomic E-state index is 0.0557. The minimum Gasteiger partial charge on any atom is -0.316 e. The molecule has 88 valence electrons. The molecule has 1 amide bonds. The van der Waals surface area contributed by atoms with E-state index in [-0.39, 0.29) is 5.91 Å². The number of hydrogen-bond donors (Lipinski definition) is 3. The van der Waals surface area contributed by atoms with Crippen molar-refractivity contribution in [1.29, 1.82) is 0 Å². The molecular formula is C11H18N4O. The standard InChI is InChI=1S/C11H18N4O/c1-8-5-10(15-14-8)13-11(16)6-9-3-2-4-12-7-9/h5,9,12H,2-4,6-7H2,1H3,(H2,13,14,15,16). The molecule has 5 nitrogen and oxygen atoms in total. The van der Waals surface area contributed by atoms with Crippen molar-refractivity contribution in [2.45, 2.75) is 26.2 Å². The number of piperidine rings is 1. The van der Waals surface area contributed by atoms with Crippen LogP contribution in [0.25, 0.3) is 0 Å². The summed E-state index contributed by atoms with van der Waals surface area (Å²) in [5.41, 5.74) is 0.953. The largest absolute Gasteiger partial charge is 0.316 e. The van der Waals surface area contributed by atoms with Crippen LogP contribution in [0.5, 0.6) is 0 Å². The van der Waals surface area contributed by atoms with E-state index in [9.17, 15) is 4.79 Å². The maximum atomic E-state index is 11.7. The van der Waals surface area contributed by atoms with Gasteiger partial charge in [0.2, 0.25) is 5.91 Å². The zero-order valence-electron chi connectivity index (χ0n) is 9.55. The third kappa shape index (κ3) is 3.06. The van der Waals surface area contributed by atoms with Gasteiger partial charge in [0.05, 0.1) is 0 Å². The van der Waals surface area contributed by atoms with Gasteiger partial charge < -0.3 is 10.6 Å². The summed E-state index contributed by atoms with van der Waals surface area (Å²) in [4.78, 5) is 11.7. The van der Waals surface area contributed by atoms with Gasteiger partial charge in [-0.25, -0.2) is 0 Å². The van der Waals surface area contributed by atoms with Gasteiger partial charge in [-0.3, -0.25) is 9.89 Å². The van der Waals surface area contributed by atoms with Gasteiger partial charge in [0, 0.05) is 18.2 Å². The SMILES string of the molecule is Cc1cc(NC(=O)CC2CCCNC2)n[nH]1. The van der Waals surface area contributed by atoms with E-state index in [0.29, 0.717) is 18.2 Å². The maximum absolute atomic E-state index is 11.7. The quantitative estimate of drug-likeness (QED) is 0.716. The normalized spacial score (nSPS) is 20.7. The lowest BCUT2D eigenvalue weighted by Gasteiger charge is -2.21. The fourth-order valence-electron chi connectivity index (χ4n) is 2.04. The highest BCUT2D eigenvalue weighted by Gasteiger charge is 2.17. The molecule has 0 radical (unpaired) electrons. The number of rotatable bonds is 3. The van der Waals surface area contributed by atoms with Gasteiger partial charge in [0.1, 0.15) is 0 Å². The van der Waals surface area contributed by atoms with Gasteiger partial charge in [-0.15, -0.1) is 0 Å². The van der Waals surface area contributed by atoms with Gasteiger partial charge in [0.15, 0.2) is 5.82 Å². The number of nitrogens with one attached hydrogen (secondary N) is 3. The van der Waals surface area contributed by atoms with Crippen LogP contribution in [0.2, 0.25) is 0 Å². The molecule has 1 fully saturated rings. The number of amides is 1. The number of carbonyl (C=O) groups is 1. The van der Waals surface area contributed by atoms with Gasteiger partial charge in [-0.2, -0.15) is 5.10 Å². The topological polar surface area (TPSA) is 69.8 Å². The highest BCUT2D eigenvalue weighted by molar-refractivity contribution is 5.89. The first-order valence-electron chi connectivity index (χ1n) is 5.76. The summed E-state index contributed by atoms with van der Waals surface area (Å²) in [6.45, 7) is 3.94. The maximum Gasteiger partial charge on any atom is 0.225 e. The van der Waals surface area contributed by atoms with Crippen LogP contribution < -0.4 is 10.6 Å². The number of carbonyl (C=O) groups excluding carboxylic acids is 1. The second-order valence-electron chi connectivity index (χ2n) is 4.40. The molecule has 3 N–H and O–H groups in total. The van der Waals surface area contributed by atoms with E-state index in [2.05, 4.69) is 20.8 Å². The van der Waals surface area contributed by atoms with Gasteiger partial charge in [-0.05, 0) is 38.8 Å². The number of aromatic nitrogens is 2. The summed E-state index contributed by atoms with van der Waals surface area (Å²) >= 11 is 0. The summed E-state index contributed by atoms with van der Waals surface area (Å²) < 4.78 is 0. The van der Waals surface area contributed by atoms with Crippen molar-refractivity contribution < 1.29 is 4.79 Å². The molecule has 5 heteroatoms. The van der Waals surface area contributed by atoms with Crippen molar-refractivity contribution >= 4 is 11.7 Å². The lowest BCUT2D eigenvalue weighted by molar-refractivity contribution is -0.117. The molecule has 1 aromatic heterocycles. The molecule has 1 saturated heterocycles. The number of anilines is 1. The molecule has 2 rings (SSSR count). The first kappa shape index (κ1) is 11.1. The van der Waals surface area contributed by atoms with Crippen molar-refractivity contribution in [1.82, 2.24) is 15.5 Å². The first-order chi connectivity index (χ1) is 7.74. The van der Waals surface area contributed by atoms with E-state index in [4.69, 9.17) is 0 Å². The van der Waals surface area contributed by atoms with E-state index in [1.165, 1.54) is 6.42 Å². The van der Waals surface area contributed by atoms with Gasteiger partial charge >= 0.3 is 0 Å². The Morgan fingerprint density at radius 1 is 1.69 bits per heavy atom. The van der Waals surface area contributed by atoms with Crippen LogP contribution in [0, 0.1) is 12.8 Å². The second kappa shape index (κ2) is 5.12. The van der Waals surface area contributed by atoms with Crippen LogP contribution in [0.3, 0.4) is 0 Å². The monoisotopic (exact) mass is 222 g/mol. The molecule has 1 aliphatic rings. The molecule has 0 spiro atoms. The summed E-state index contributed by atoms with van der Waals surface area (Å²) in [5, 5.41) is 12.9. The molecule has 1 atom stereocenters. The Morgan fingerprint density at radius 3 is 3.19 bits per heavy atom. The lowest BCUT2D eigenvalue weighted by Crippen LogP contribution is -2.32. The van der Waals surface area contributed by atoms with Crippen LogP contribution >= 0.6 is 0 Å². The summed E-state index contributed by atoms with van der Waals surface area (Å²) in [7, 11) is 0. The summed E-state index contributed by atoms with van der Waals surface area (Å²) in [5.74, 6) is 1.14. The van der Waals surface area contributed by atoms with E-state index in [1.54, 1.807) is 0 Å². The molecule has 1 aromatic rings. The molecular weight excluding hydrogens is 204 g/mol. The van der Waals surface area contributed by atoms with Crippen LogP contribution in [0.4, 0.5) is 5.82 Å². The van der Waals surface area contributed by atoms with E-state index in [1.807, 2.05) is 13.0 Å². The fraction of sp³-hybridized carbons (Fsp3) is 0.636.